The van der Waals surface area contributed by atoms with Gasteiger partial charge in [0.2, 0.25) is 0 Å². The van der Waals surface area contributed by atoms with Crippen LogP contribution in [-0.2, 0) is 0 Å². The smallest absolute Gasteiger partial charge is 0.134 e. The van der Waals surface area contributed by atoms with Gasteiger partial charge in [-0.3, -0.25) is 0 Å². The van der Waals surface area contributed by atoms with Gasteiger partial charge < -0.3 is 10.6 Å². The van der Waals surface area contributed by atoms with Gasteiger partial charge in [-0.2, -0.15) is 11.8 Å². The molecule has 1 rings (SSSR count). The third-order valence-electron chi connectivity index (χ3n) is 2.58. The first-order valence-corrected chi connectivity index (χ1v) is 6.80. The van der Waals surface area contributed by atoms with Crippen LogP contribution in [0.3, 0.4) is 0 Å². The van der Waals surface area contributed by atoms with E-state index in [2.05, 4.69) is 35.1 Å². The van der Waals surface area contributed by atoms with Gasteiger partial charge in [-0.05, 0) is 19.6 Å². The fourth-order valence-corrected chi connectivity index (χ4v) is 2.48. The standard InChI is InChI=1S/C11H20N4S/c1-5-9(7-16-4)15(3)11-6-10(12)13-8(2)14-11/h6,9H,5,7H2,1-4H3,(H2,12,13,14). The zero-order valence-electron chi connectivity index (χ0n) is 10.4. The number of hydrogen-bond acceptors (Lipinski definition) is 5. The molecule has 0 bridgehead atoms. The lowest BCUT2D eigenvalue weighted by molar-refractivity contribution is 0.664. The maximum atomic E-state index is 5.73. The minimum Gasteiger partial charge on any atom is -0.384 e. The van der Waals surface area contributed by atoms with Gasteiger partial charge >= 0.3 is 0 Å². The largest absolute Gasteiger partial charge is 0.384 e. The first-order valence-electron chi connectivity index (χ1n) is 5.41. The quantitative estimate of drug-likeness (QED) is 0.852. The van der Waals surface area contributed by atoms with Crippen molar-refractivity contribution in [2.75, 3.05) is 29.7 Å². The molecule has 5 heteroatoms. The van der Waals surface area contributed by atoms with Crippen molar-refractivity contribution >= 4 is 23.4 Å². The van der Waals surface area contributed by atoms with Crippen LogP contribution in [0.15, 0.2) is 6.07 Å². The van der Waals surface area contributed by atoms with Gasteiger partial charge in [0.1, 0.15) is 17.5 Å². The number of thioether (sulfide) groups is 1. The second kappa shape index (κ2) is 5.94. The Labute approximate surface area is 102 Å². The van der Waals surface area contributed by atoms with E-state index in [0.29, 0.717) is 11.9 Å². The fourth-order valence-electron chi connectivity index (χ4n) is 1.64. The highest BCUT2D eigenvalue weighted by atomic mass is 32.2. The van der Waals surface area contributed by atoms with Crippen molar-refractivity contribution in [3.8, 4) is 0 Å². The Kier molecular flexibility index (Phi) is 4.86. The molecule has 0 saturated heterocycles. The molecule has 0 aliphatic rings. The van der Waals surface area contributed by atoms with Gasteiger partial charge in [-0.1, -0.05) is 6.92 Å². The monoisotopic (exact) mass is 240 g/mol. The number of rotatable bonds is 5. The molecule has 2 N–H and O–H groups in total. The molecule has 1 aromatic rings. The van der Waals surface area contributed by atoms with Crippen molar-refractivity contribution in [1.82, 2.24) is 9.97 Å². The Bertz CT molecular complexity index is 323. The predicted molar refractivity (Wildman–Crippen MR) is 72.0 cm³/mol. The Morgan fingerprint density at radius 3 is 2.69 bits per heavy atom. The van der Waals surface area contributed by atoms with Crippen LogP contribution in [0.4, 0.5) is 11.6 Å². The minimum atomic E-state index is 0.490. The Hall–Kier alpha value is -0.970. The first-order chi connectivity index (χ1) is 7.58. The maximum absolute atomic E-state index is 5.73. The zero-order valence-corrected chi connectivity index (χ0v) is 11.2. The molecule has 90 valence electrons. The number of anilines is 2. The highest BCUT2D eigenvalue weighted by Gasteiger charge is 2.14. The van der Waals surface area contributed by atoms with Gasteiger partial charge in [0.05, 0.1) is 0 Å². The fraction of sp³-hybridized carbons (Fsp3) is 0.636. The molecule has 0 aliphatic heterocycles. The maximum Gasteiger partial charge on any atom is 0.134 e. The number of aryl methyl sites for hydroxylation is 1. The van der Waals surface area contributed by atoms with Crippen molar-refractivity contribution in [2.45, 2.75) is 26.3 Å². The SMILES string of the molecule is CCC(CSC)N(C)c1cc(N)nc(C)n1. The molecule has 0 radical (unpaired) electrons. The van der Waals surface area contributed by atoms with E-state index in [9.17, 15) is 0 Å². The lowest BCUT2D eigenvalue weighted by Crippen LogP contribution is -2.34. The van der Waals surface area contributed by atoms with Gasteiger partial charge in [-0.15, -0.1) is 0 Å². The van der Waals surface area contributed by atoms with E-state index in [1.54, 1.807) is 0 Å². The first kappa shape index (κ1) is 13.1. The average molecular weight is 240 g/mol. The van der Waals surface area contributed by atoms with E-state index in [1.165, 1.54) is 0 Å². The Morgan fingerprint density at radius 2 is 2.19 bits per heavy atom. The molecule has 1 heterocycles. The van der Waals surface area contributed by atoms with Crippen molar-refractivity contribution in [3.05, 3.63) is 11.9 Å². The van der Waals surface area contributed by atoms with Crippen LogP contribution in [-0.4, -0.2) is 35.1 Å². The summed E-state index contributed by atoms with van der Waals surface area (Å²) in [5, 5.41) is 0. The molecule has 1 unspecified atom stereocenters. The molecular formula is C11H20N4S. The van der Waals surface area contributed by atoms with Crippen LogP contribution in [0.25, 0.3) is 0 Å². The van der Waals surface area contributed by atoms with Crippen LogP contribution in [0, 0.1) is 6.92 Å². The van der Waals surface area contributed by atoms with Crippen LogP contribution in [0.2, 0.25) is 0 Å². The number of aromatic nitrogens is 2. The van der Waals surface area contributed by atoms with E-state index < -0.39 is 0 Å². The third-order valence-corrected chi connectivity index (χ3v) is 3.30. The molecule has 0 spiro atoms. The molecule has 0 saturated carbocycles. The van der Waals surface area contributed by atoms with Crippen molar-refractivity contribution < 1.29 is 0 Å². The Morgan fingerprint density at radius 1 is 1.50 bits per heavy atom. The summed E-state index contributed by atoms with van der Waals surface area (Å²) in [6.07, 6.45) is 3.22. The van der Waals surface area contributed by atoms with Crippen molar-refractivity contribution in [2.24, 2.45) is 0 Å². The molecule has 1 aromatic heterocycles. The van der Waals surface area contributed by atoms with Crippen LogP contribution < -0.4 is 10.6 Å². The van der Waals surface area contributed by atoms with Gasteiger partial charge in [0.25, 0.3) is 0 Å². The van der Waals surface area contributed by atoms with E-state index in [1.807, 2.05) is 24.8 Å². The van der Waals surface area contributed by atoms with Crippen molar-refractivity contribution in [3.63, 3.8) is 0 Å². The van der Waals surface area contributed by atoms with E-state index in [-0.39, 0.29) is 0 Å². The van der Waals surface area contributed by atoms with Gasteiger partial charge in [0.15, 0.2) is 0 Å². The van der Waals surface area contributed by atoms with Gasteiger partial charge in [0, 0.05) is 24.9 Å². The topological polar surface area (TPSA) is 55.0 Å². The predicted octanol–water partition coefficient (Wildman–Crippen LogP) is 1.95. The van der Waals surface area contributed by atoms with Crippen LogP contribution in [0.1, 0.15) is 19.2 Å². The lowest BCUT2D eigenvalue weighted by Gasteiger charge is -2.27. The number of nitrogens with zero attached hydrogens (tertiary/aromatic N) is 3. The summed E-state index contributed by atoms with van der Waals surface area (Å²) < 4.78 is 0. The second-order valence-corrected chi connectivity index (χ2v) is 4.74. The Balaban J connectivity index is 2.89. The molecule has 16 heavy (non-hydrogen) atoms. The minimum absolute atomic E-state index is 0.490. The van der Waals surface area contributed by atoms with Crippen LogP contribution >= 0.6 is 11.8 Å². The summed E-state index contributed by atoms with van der Waals surface area (Å²) in [5.41, 5.74) is 5.73. The van der Waals surface area contributed by atoms with E-state index in [4.69, 9.17) is 5.73 Å². The van der Waals surface area contributed by atoms with E-state index >= 15 is 0 Å². The molecule has 0 aromatic carbocycles. The third kappa shape index (κ3) is 3.27. The number of nitrogen functional groups attached to an aromatic ring is 1. The number of hydrogen-bond donors (Lipinski definition) is 1. The summed E-state index contributed by atoms with van der Waals surface area (Å²) in [6, 6.07) is 2.32. The highest BCUT2D eigenvalue weighted by molar-refractivity contribution is 7.98. The summed E-state index contributed by atoms with van der Waals surface area (Å²) in [6.45, 7) is 4.05. The molecule has 1 atom stereocenters. The van der Waals surface area contributed by atoms with E-state index in [0.717, 1.165) is 23.8 Å². The van der Waals surface area contributed by atoms with Crippen LogP contribution in [0.5, 0.6) is 0 Å². The summed E-state index contributed by atoms with van der Waals surface area (Å²) in [5.74, 6) is 3.26. The average Bonchev–Trinajstić information content (AvgIpc) is 2.23. The van der Waals surface area contributed by atoms with Gasteiger partial charge in [-0.25, -0.2) is 9.97 Å². The number of nitrogens with two attached hydrogens (primary N) is 1. The molecule has 0 fully saturated rings. The summed E-state index contributed by atoms with van der Waals surface area (Å²) in [4.78, 5) is 10.7. The lowest BCUT2D eigenvalue weighted by atomic mass is 10.2. The highest BCUT2D eigenvalue weighted by Crippen LogP contribution is 2.18. The molecule has 4 nitrogen and oxygen atoms in total. The summed E-state index contributed by atoms with van der Waals surface area (Å²) >= 11 is 1.85. The summed E-state index contributed by atoms with van der Waals surface area (Å²) in [7, 11) is 2.06. The zero-order chi connectivity index (χ0) is 12.1. The molecule has 0 amide bonds. The molecule has 0 aliphatic carbocycles. The second-order valence-electron chi connectivity index (χ2n) is 3.83. The normalized spacial score (nSPS) is 12.5. The molecular weight excluding hydrogens is 220 g/mol. The van der Waals surface area contributed by atoms with Crippen molar-refractivity contribution in [1.29, 1.82) is 0 Å².